The van der Waals surface area contributed by atoms with Crippen LogP contribution in [0, 0.1) is 22.9 Å². The van der Waals surface area contributed by atoms with Gasteiger partial charge < -0.3 is 10.8 Å². The van der Waals surface area contributed by atoms with Gasteiger partial charge in [0, 0.05) is 23.6 Å². The van der Waals surface area contributed by atoms with Crippen LogP contribution in [0.3, 0.4) is 0 Å². The Balaban J connectivity index is 0.00000256. The number of halogens is 4. The normalized spacial score (nSPS) is 13.1. The summed E-state index contributed by atoms with van der Waals surface area (Å²) in [6.45, 7) is 2.93. The van der Waals surface area contributed by atoms with Crippen LogP contribution in [0.25, 0.3) is 0 Å². The first-order valence-corrected chi connectivity index (χ1v) is 4.81. The molecule has 0 aliphatic rings. The average molecular weight is 270 g/mol. The van der Waals surface area contributed by atoms with Gasteiger partial charge in [-0.05, 0) is 6.07 Å². The molecule has 98 valence electrons. The lowest BCUT2D eigenvalue weighted by Crippen LogP contribution is -2.33. The monoisotopic (exact) mass is 269 g/mol. The second-order valence-electron chi connectivity index (χ2n) is 4.39. The second kappa shape index (κ2) is 5.71. The Bertz CT molecular complexity index is 399. The highest BCUT2D eigenvalue weighted by Gasteiger charge is 2.30. The molecule has 0 saturated heterocycles. The number of aliphatic hydroxyl groups excluding tert-OH is 1. The van der Waals surface area contributed by atoms with Gasteiger partial charge in [-0.1, -0.05) is 19.9 Å². The predicted molar refractivity (Wildman–Crippen MR) is 61.4 cm³/mol. The Morgan fingerprint density at radius 3 is 2.24 bits per heavy atom. The summed E-state index contributed by atoms with van der Waals surface area (Å²) < 4.78 is 39.1. The number of hydrogen-bond donors (Lipinski definition) is 2. The zero-order valence-corrected chi connectivity index (χ0v) is 10.3. The van der Waals surface area contributed by atoms with E-state index in [0.717, 1.165) is 12.1 Å². The maximum absolute atomic E-state index is 13.4. The van der Waals surface area contributed by atoms with Gasteiger partial charge >= 0.3 is 0 Å². The van der Waals surface area contributed by atoms with E-state index in [1.165, 1.54) is 0 Å². The molecular formula is C11H15ClF3NO. The SMILES string of the molecule is CC(C)(CO)[C@@H](N)c1ccc(F)c(F)c1F.Cl. The molecule has 3 N–H and O–H groups in total. The fourth-order valence-corrected chi connectivity index (χ4v) is 1.30. The molecule has 0 spiro atoms. The van der Waals surface area contributed by atoms with Gasteiger partial charge in [0.15, 0.2) is 17.5 Å². The molecule has 1 atom stereocenters. The van der Waals surface area contributed by atoms with Crippen LogP contribution >= 0.6 is 12.4 Å². The molecule has 0 saturated carbocycles. The summed E-state index contributed by atoms with van der Waals surface area (Å²) in [5, 5.41) is 9.07. The van der Waals surface area contributed by atoms with E-state index in [-0.39, 0.29) is 24.6 Å². The minimum atomic E-state index is -1.54. The molecule has 17 heavy (non-hydrogen) atoms. The number of nitrogens with two attached hydrogens (primary N) is 1. The van der Waals surface area contributed by atoms with Crippen molar-refractivity contribution in [1.82, 2.24) is 0 Å². The molecule has 0 bridgehead atoms. The van der Waals surface area contributed by atoms with Gasteiger partial charge in [-0.2, -0.15) is 0 Å². The van der Waals surface area contributed by atoms with Crippen LogP contribution in [0.15, 0.2) is 12.1 Å². The Morgan fingerprint density at radius 2 is 1.76 bits per heavy atom. The van der Waals surface area contributed by atoms with Crippen molar-refractivity contribution in [3.05, 3.63) is 35.1 Å². The number of benzene rings is 1. The molecule has 0 heterocycles. The summed E-state index contributed by atoms with van der Waals surface area (Å²) in [4.78, 5) is 0. The first kappa shape index (κ1) is 16.2. The van der Waals surface area contributed by atoms with Gasteiger partial charge in [0.25, 0.3) is 0 Å². The van der Waals surface area contributed by atoms with E-state index in [4.69, 9.17) is 10.8 Å². The van der Waals surface area contributed by atoms with Crippen LogP contribution in [-0.2, 0) is 0 Å². The second-order valence-corrected chi connectivity index (χ2v) is 4.39. The van der Waals surface area contributed by atoms with E-state index < -0.39 is 28.9 Å². The molecule has 1 aromatic carbocycles. The molecule has 0 amide bonds. The van der Waals surface area contributed by atoms with Crippen molar-refractivity contribution in [2.24, 2.45) is 11.1 Å². The summed E-state index contributed by atoms with van der Waals surface area (Å²) in [5.74, 6) is -4.09. The quantitative estimate of drug-likeness (QED) is 0.829. The lowest BCUT2D eigenvalue weighted by atomic mass is 9.81. The zero-order valence-electron chi connectivity index (χ0n) is 9.51. The Hall–Kier alpha value is -0.780. The van der Waals surface area contributed by atoms with E-state index in [0.29, 0.717) is 0 Å². The fourth-order valence-electron chi connectivity index (χ4n) is 1.30. The van der Waals surface area contributed by atoms with Crippen molar-refractivity contribution in [1.29, 1.82) is 0 Å². The zero-order chi connectivity index (χ0) is 12.5. The fraction of sp³-hybridized carbons (Fsp3) is 0.455. The van der Waals surface area contributed by atoms with E-state index in [1.54, 1.807) is 13.8 Å². The average Bonchev–Trinajstić information content (AvgIpc) is 2.25. The summed E-state index contributed by atoms with van der Waals surface area (Å²) in [6.07, 6.45) is 0. The van der Waals surface area contributed by atoms with Crippen molar-refractivity contribution < 1.29 is 18.3 Å². The highest BCUT2D eigenvalue weighted by Crippen LogP contribution is 2.33. The van der Waals surface area contributed by atoms with Gasteiger partial charge in [-0.25, -0.2) is 13.2 Å². The highest BCUT2D eigenvalue weighted by atomic mass is 35.5. The first-order valence-electron chi connectivity index (χ1n) is 4.81. The van der Waals surface area contributed by atoms with Gasteiger partial charge in [0.2, 0.25) is 0 Å². The van der Waals surface area contributed by atoms with Crippen LogP contribution in [0.1, 0.15) is 25.5 Å². The number of rotatable bonds is 3. The Morgan fingerprint density at radius 1 is 1.24 bits per heavy atom. The largest absolute Gasteiger partial charge is 0.396 e. The first-order chi connectivity index (χ1) is 7.31. The smallest absolute Gasteiger partial charge is 0.194 e. The van der Waals surface area contributed by atoms with Crippen LogP contribution in [0.5, 0.6) is 0 Å². The Kier molecular flexibility index (Phi) is 5.45. The van der Waals surface area contributed by atoms with Crippen LogP contribution < -0.4 is 5.73 Å². The lowest BCUT2D eigenvalue weighted by molar-refractivity contribution is 0.130. The van der Waals surface area contributed by atoms with Gasteiger partial charge in [-0.3, -0.25) is 0 Å². The third kappa shape index (κ3) is 3.12. The van der Waals surface area contributed by atoms with E-state index >= 15 is 0 Å². The molecule has 1 aromatic rings. The van der Waals surface area contributed by atoms with Gasteiger partial charge in [-0.15, -0.1) is 12.4 Å². The van der Waals surface area contributed by atoms with E-state index in [2.05, 4.69) is 0 Å². The Labute approximate surface area is 104 Å². The summed E-state index contributed by atoms with van der Waals surface area (Å²) in [7, 11) is 0. The van der Waals surface area contributed by atoms with Crippen molar-refractivity contribution >= 4 is 12.4 Å². The molecule has 6 heteroatoms. The molecule has 0 aliphatic heterocycles. The van der Waals surface area contributed by atoms with Gasteiger partial charge in [0.05, 0.1) is 0 Å². The minimum Gasteiger partial charge on any atom is -0.396 e. The molecule has 0 aromatic heterocycles. The third-order valence-corrected chi connectivity index (χ3v) is 2.65. The molecule has 0 aliphatic carbocycles. The summed E-state index contributed by atoms with van der Waals surface area (Å²) >= 11 is 0. The van der Waals surface area contributed by atoms with Crippen molar-refractivity contribution in [3.8, 4) is 0 Å². The van der Waals surface area contributed by atoms with Gasteiger partial charge in [0.1, 0.15) is 0 Å². The topological polar surface area (TPSA) is 46.2 Å². The molecule has 2 nitrogen and oxygen atoms in total. The lowest BCUT2D eigenvalue weighted by Gasteiger charge is -2.30. The number of hydrogen-bond acceptors (Lipinski definition) is 2. The standard InChI is InChI=1S/C11H14F3NO.ClH/c1-11(2,5-16)10(15)6-3-4-7(12)9(14)8(6)13;/h3-4,10,16H,5,15H2,1-2H3;1H/t10-;/m0./s1. The maximum Gasteiger partial charge on any atom is 0.194 e. The van der Waals surface area contributed by atoms with E-state index in [1.807, 2.05) is 0 Å². The molecular weight excluding hydrogens is 255 g/mol. The number of aliphatic hydroxyl groups is 1. The van der Waals surface area contributed by atoms with Crippen LogP contribution in [-0.4, -0.2) is 11.7 Å². The summed E-state index contributed by atoms with van der Waals surface area (Å²) in [5.41, 5.74) is 4.76. The predicted octanol–water partition coefficient (Wildman–Crippen LogP) is 2.54. The van der Waals surface area contributed by atoms with Crippen molar-refractivity contribution in [3.63, 3.8) is 0 Å². The van der Waals surface area contributed by atoms with Crippen LogP contribution in [0.2, 0.25) is 0 Å². The molecule has 1 rings (SSSR count). The van der Waals surface area contributed by atoms with Crippen LogP contribution in [0.4, 0.5) is 13.2 Å². The van der Waals surface area contributed by atoms with Crippen molar-refractivity contribution in [2.75, 3.05) is 6.61 Å². The molecule has 0 fully saturated rings. The minimum absolute atomic E-state index is 0. The highest BCUT2D eigenvalue weighted by molar-refractivity contribution is 5.85. The third-order valence-electron chi connectivity index (χ3n) is 2.65. The molecule has 0 unspecified atom stereocenters. The molecule has 0 radical (unpaired) electrons. The summed E-state index contributed by atoms with van der Waals surface area (Å²) in [6, 6.07) is 1.00. The van der Waals surface area contributed by atoms with Crippen molar-refractivity contribution in [2.45, 2.75) is 19.9 Å². The maximum atomic E-state index is 13.4. The van der Waals surface area contributed by atoms with E-state index in [9.17, 15) is 13.2 Å².